The molecule has 0 radical (unpaired) electrons. The number of carbonyl (C=O) groups excluding carboxylic acids is 2. The molecule has 0 fully saturated rings. The predicted molar refractivity (Wildman–Crippen MR) is 126 cm³/mol. The van der Waals surface area contributed by atoms with Gasteiger partial charge in [-0.1, -0.05) is 29.3 Å². The Morgan fingerprint density at radius 2 is 1.58 bits per heavy atom. The lowest BCUT2D eigenvalue weighted by Crippen LogP contribution is -2.32. The molecule has 6 nitrogen and oxygen atoms in total. The van der Waals surface area contributed by atoms with Crippen molar-refractivity contribution in [3.8, 4) is 5.69 Å². The van der Waals surface area contributed by atoms with Crippen molar-refractivity contribution >= 4 is 46.9 Å². The summed E-state index contributed by atoms with van der Waals surface area (Å²) in [6.45, 7) is 8.13. The summed E-state index contributed by atoms with van der Waals surface area (Å²) in [7, 11) is 0. The fourth-order valence-electron chi connectivity index (χ4n) is 3.21. The number of halogens is 2. The van der Waals surface area contributed by atoms with E-state index in [1.54, 1.807) is 0 Å². The van der Waals surface area contributed by atoms with Gasteiger partial charge in [-0.15, -0.1) is 0 Å². The Labute approximate surface area is 190 Å². The average Bonchev–Trinajstić information content (AvgIpc) is 2.96. The summed E-state index contributed by atoms with van der Waals surface area (Å²) >= 11 is 11.8. The van der Waals surface area contributed by atoms with Gasteiger partial charge in [0.1, 0.15) is 0 Å². The van der Waals surface area contributed by atoms with Crippen molar-refractivity contribution in [1.82, 2.24) is 9.99 Å². The summed E-state index contributed by atoms with van der Waals surface area (Å²) in [5, 5.41) is 7.05. The quantitative estimate of drug-likeness (QED) is 0.325. The number of carbonyl (C=O) groups is 2. The first-order valence-electron chi connectivity index (χ1n) is 9.52. The van der Waals surface area contributed by atoms with Crippen molar-refractivity contribution < 1.29 is 9.59 Å². The number of hydrogen-bond donors (Lipinski definition) is 2. The average molecular weight is 457 g/mol. The summed E-state index contributed by atoms with van der Waals surface area (Å²) in [6.07, 6.45) is 1.52. The molecule has 2 aromatic carbocycles. The van der Waals surface area contributed by atoms with Crippen molar-refractivity contribution in [2.75, 3.05) is 5.32 Å². The second kappa shape index (κ2) is 9.37. The molecule has 1 aromatic heterocycles. The van der Waals surface area contributed by atoms with E-state index in [4.69, 9.17) is 23.2 Å². The van der Waals surface area contributed by atoms with E-state index in [0.29, 0.717) is 15.7 Å². The Morgan fingerprint density at radius 1 is 0.903 bits per heavy atom. The van der Waals surface area contributed by atoms with Crippen molar-refractivity contribution in [3.63, 3.8) is 0 Å². The molecule has 1 heterocycles. The second-order valence-electron chi connectivity index (χ2n) is 7.24. The number of amides is 2. The first-order valence-corrected chi connectivity index (χ1v) is 10.3. The van der Waals surface area contributed by atoms with E-state index in [1.165, 1.54) is 35.5 Å². The van der Waals surface area contributed by atoms with Crippen molar-refractivity contribution in [2.24, 2.45) is 5.10 Å². The normalized spacial score (nSPS) is 11.0. The zero-order chi connectivity index (χ0) is 22.7. The van der Waals surface area contributed by atoms with E-state index in [9.17, 15) is 9.59 Å². The minimum atomic E-state index is -0.907. The van der Waals surface area contributed by atoms with Crippen LogP contribution in [0.25, 0.3) is 5.69 Å². The van der Waals surface area contributed by atoms with E-state index in [2.05, 4.69) is 52.5 Å². The van der Waals surface area contributed by atoms with Gasteiger partial charge >= 0.3 is 11.8 Å². The number of benzene rings is 2. The number of hydrogen-bond acceptors (Lipinski definition) is 3. The van der Waals surface area contributed by atoms with Crippen LogP contribution in [-0.4, -0.2) is 22.6 Å². The Bertz CT molecular complexity index is 1180. The summed E-state index contributed by atoms with van der Waals surface area (Å²) in [4.78, 5) is 24.1. The lowest BCUT2D eigenvalue weighted by Gasteiger charge is -2.11. The topological polar surface area (TPSA) is 75.5 Å². The van der Waals surface area contributed by atoms with Crippen LogP contribution in [0.2, 0.25) is 10.0 Å². The van der Waals surface area contributed by atoms with Gasteiger partial charge in [0.05, 0.1) is 6.21 Å². The van der Waals surface area contributed by atoms with Gasteiger partial charge in [0.2, 0.25) is 0 Å². The van der Waals surface area contributed by atoms with Gasteiger partial charge in [0, 0.05) is 38.4 Å². The molecular weight excluding hydrogens is 435 g/mol. The molecule has 8 heteroatoms. The van der Waals surface area contributed by atoms with Crippen molar-refractivity contribution in [1.29, 1.82) is 0 Å². The molecule has 0 atom stereocenters. The smallest absolute Gasteiger partial charge is 0.318 e. The summed E-state index contributed by atoms with van der Waals surface area (Å²) < 4.78 is 2.12. The molecule has 0 saturated carbocycles. The Hall–Kier alpha value is -3.09. The molecule has 0 aliphatic carbocycles. The molecule has 0 bridgehead atoms. The van der Waals surface area contributed by atoms with Gasteiger partial charge in [0.25, 0.3) is 0 Å². The summed E-state index contributed by atoms with van der Waals surface area (Å²) in [5.74, 6) is -1.79. The van der Waals surface area contributed by atoms with Gasteiger partial charge in [0.15, 0.2) is 0 Å². The van der Waals surface area contributed by atoms with E-state index in [1.807, 2.05) is 19.9 Å². The number of aryl methyl sites for hydroxylation is 3. The summed E-state index contributed by atoms with van der Waals surface area (Å²) in [6, 6.07) is 12.8. The van der Waals surface area contributed by atoms with Gasteiger partial charge < -0.3 is 9.88 Å². The third kappa shape index (κ3) is 5.34. The Morgan fingerprint density at radius 3 is 2.23 bits per heavy atom. The Kier molecular flexibility index (Phi) is 6.83. The maximum Gasteiger partial charge on any atom is 0.329 e. The van der Waals surface area contributed by atoms with Gasteiger partial charge in [-0.2, -0.15) is 5.10 Å². The number of hydrazone groups is 1. The maximum absolute atomic E-state index is 12.1. The van der Waals surface area contributed by atoms with Crippen LogP contribution in [0.1, 0.15) is 28.1 Å². The van der Waals surface area contributed by atoms with Gasteiger partial charge in [-0.05, 0) is 75.2 Å². The molecule has 0 aliphatic heterocycles. The molecule has 31 heavy (non-hydrogen) atoms. The van der Waals surface area contributed by atoms with Crippen LogP contribution in [0, 0.1) is 27.7 Å². The lowest BCUT2D eigenvalue weighted by atomic mass is 10.1. The maximum atomic E-state index is 12.1. The molecule has 3 aromatic rings. The number of anilines is 1. The molecule has 2 N–H and O–H groups in total. The van der Waals surface area contributed by atoms with Crippen LogP contribution in [-0.2, 0) is 9.59 Å². The summed E-state index contributed by atoms with van der Waals surface area (Å²) in [5.41, 5.74) is 8.88. The first kappa shape index (κ1) is 22.6. The highest BCUT2D eigenvalue weighted by Crippen LogP contribution is 2.23. The van der Waals surface area contributed by atoms with Crippen LogP contribution in [0.15, 0.2) is 47.6 Å². The van der Waals surface area contributed by atoms with Crippen LogP contribution in [0.3, 0.4) is 0 Å². The van der Waals surface area contributed by atoms with Crippen LogP contribution in [0.5, 0.6) is 0 Å². The third-order valence-corrected chi connectivity index (χ3v) is 5.35. The predicted octanol–water partition coefficient (Wildman–Crippen LogP) is 5.11. The molecule has 0 saturated heterocycles. The highest BCUT2D eigenvalue weighted by atomic mass is 35.5. The molecular formula is C23H22Cl2N4O2. The number of rotatable bonds is 4. The zero-order valence-electron chi connectivity index (χ0n) is 17.6. The molecule has 0 aliphatic rings. The standard InChI is InChI=1S/C23H22Cl2N4O2/c1-13-5-6-21(7-14(13)2)29-15(3)8-17(16(29)4)12-26-28-23(31)22(30)27-20-10-18(24)9-19(25)11-20/h5-12H,1-4H3,(H,27,30)(H,28,31)/b26-12-. The van der Waals surface area contributed by atoms with E-state index < -0.39 is 11.8 Å². The van der Waals surface area contributed by atoms with E-state index in [-0.39, 0.29) is 0 Å². The van der Waals surface area contributed by atoms with Crippen molar-refractivity contribution in [3.05, 3.63) is 80.6 Å². The third-order valence-electron chi connectivity index (χ3n) is 4.92. The lowest BCUT2D eigenvalue weighted by molar-refractivity contribution is -0.136. The molecule has 2 amide bonds. The Balaban J connectivity index is 1.70. The minimum absolute atomic E-state index is 0.318. The van der Waals surface area contributed by atoms with Crippen LogP contribution < -0.4 is 10.7 Å². The molecule has 0 unspecified atom stereocenters. The number of aromatic nitrogens is 1. The molecule has 0 spiro atoms. The number of nitrogens with one attached hydrogen (secondary N) is 2. The fraction of sp³-hybridized carbons (Fsp3) is 0.174. The van der Waals surface area contributed by atoms with Crippen LogP contribution >= 0.6 is 23.2 Å². The van der Waals surface area contributed by atoms with E-state index >= 15 is 0 Å². The second-order valence-corrected chi connectivity index (χ2v) is 8.11. The van der Waals surface area contributed by atoms with Gasteiger partial charge in [-0.25, -0.2) is 5.43 Å². The van der Waals surface area contributed by atoms with Crippen molar-refractivity contribution in [2.45, 2.75) is 27.7 Å². The fourth-order valence-corrected chi connectivity index (χ4v) is 3.73. The SMILES string of the molecule is Cc1ccc(-n2c(C)cc(/C=N\NC(=O)C(=O)Nc3cc(Cl)cc(Cl)c3)c2C)cc1C. The minimum Gasteiger partial charge on any atom is -0.318 e. The first-order chi connectivity index (χ1) is 14.7. The largest absolute Gasteiger partial charge is 0.329 e. The van der Waals surface area contributed by atoms with E-state index in [0.717, 1.165) is 22.6 Å². The highest BCUT2D eigenvalue weighted by molar-refractivity contribution is 6.40. The molecule has 3 rings (SSSR count). The number of nitrogens with zero attached hydrogens (tertiary/aromatic N) is 2. The molecule has 160 valence electrons. The zero-order valence-corrected chi connectivity index (χ0v) is 19.1. The monoisotopic (exact) mass is 456 g/mol. The van der Waals surface area contributed by atoms with Gasteiger partial charge in [-0.3, -0.25) is 9.59 Å². The highest BCUT2D eigenvalue weighted by Gasteiger charge is 2.14. The van der Waals surface area contributed by atoms with Crippen LogP contribution in [0.4, 0.5) is 5.69 Å².